The van der Waals surface area contributed by atoms with Gasteiger partial charge in [0.2, 0.25) is 0 Å². The first-order chi connectivity index (χ1) is 6.85. The Morgan fingerprint density at radius 1 is 1.33 bits per heavy atom. The van der Waals surface area contributed by atoms with Crippen molar-refractivity contribution in [2.45, 2.75) is 58.1 Å². The number of hydrogen-bond acceptors (Lipinski definition) is 2. The van der Waals surface area contributed by atoms with Crippen LogP contribution in [0.15, 0.2) is 0 Å². The van der Waals surface area contributed by atoms with Crippen LogP contribution < -0.4 is 11.5 Å². The van der Waals surface area contributed by atoms with Gasteiger partial charge in [-0.05, 0) is 33.6 Å². The summed E-state index contributed by atoms with van der Waals surface area (Å²) in [6.07, 6.45) is 3.62. The second-order valence-electron chi connectivity index (χ2n) is 5.01. The highest BCUT2D eigenvalue weighted by Gasteiger charge is 2.19. The first-order valence-corrected chi connectivity index (χ1v) is 5.69. The van der Waals surface area contributed by atoms with Gasteiger partial charge in [0, 0.05) is 6.42 Å². The minimum absolute atomic E-state index is 0.142. The molecule has 0 bridgehead atoms. The number of hydrogen-bond donors (Lipinski definition) is 2. The lowest BCUT2D eigenvalue weighted by atomic mass is 10.1. The molecule has 1 atom stereocenters. The van der Waals surface area contributed by atoms with Crippen molar-refractivity contribution in [3.05, 3.63) is 0 Å². The van der Waals surface area contributed by atoms with E-state index in [4.69, 9.17) is 4.74 Å². The molecule has 0 aliphatic carbocycles. The maximum atomic E-state index is 11.4. The summed E-state index contributed by atoms with van der Waals surface area (Å²) in [4.78, 5) is 11.4. The summed E-state index contributed by atoms with van der Waals surface area (Å²) in [7, 11) is 0. The Hall–Kier alpha value is -0.610. The lowest BCUT2D eigenvalue weighted by Gasteiger charge is -2.20. The quantitative estimate of drug-likeness (QED) is 0.476. The van der Waals surface area contributed by atoms with E-state index in [0.717, 1.165) is 25.8 Å². The predicted molar refractivity (Wildman–Crippen MR) is 58.7 cm³/mol. The molecule has 0 saturated heterocycles. The fourth-order valence-electron chi connectivity index (χ4n) is 1.33. The minimum atomic E-state index is -0.385. The van der Waals surface area contributed by atoms with Gasteiger partial charge in [-0.2, -0.15) is 0 Å². The summed E-state index contributed by atoms with van der Waals surface area (Å²) in [5, 5.41) is 0. The molecule has 0 rings (SSSR count). The number of ether oxygens (including phenoxy) is 1. The molecule has 6 N–H and O–H groups in total. The van der Waals surface area contributed by atoms with Crippen LogP contribution in [0, 0.1) is 0 Å². The summed E-state index contributed by atoms with van der Waals surface area (Å²) in [5.41, 5.74) is 7.35. The summed E-state index contributed by atoms with van der Waals surface area (Å²) in [6, 6.07) is 0.173. The molecule has 90 valence electrons. The average Bonchev–Trinajstić information content (AvgIpc) is 2.00. The summed E-state index contributed by atoms with van der Waals surface area (Å²) < 4.78 is 5.22. The summed E-state index contributed by atoms with van der Waals surface area (Å²) in [6.45, 7) is 6.60. The van der Waals surface area contributed by atoms with Crippen LogP contribution in [-0.4, -0.2) is 24.2 Å². The molecular formula is C11H26N2O2+2. The largest absolute Gasteiger partial charge is 0.460 e. The van der Waals surface area contributed by atoms with E-state index in [0.29, 0.717) is 6.42 Å². The molecule has 4 heteroatoms. The van der Waals surface area contributed by atoms with E-state index < -0.39 is 0 Å². The Morgan fingerprint density at radius 3 is 2.40 bits per heavy atom. The van der Waals surface area contributed by atoms with Gasteiger partial charge in [-0.1, -0.05) is 0 Å². The van der Waals surface area contributed by atoms with Gasteiger partial charge in [0.05, 0.1) is 19.0 Å². The van der Waals surface area contributed by atoms with E-state index in [2.05, 4.69) is 11.5 Å². The van der Waals surface area contributed by atoms with Gasteiger partial charge in [0.15, 0.2) is 0 Å². The highest BCUT2D eigenvalue weighted by molar-refractivity contribution is 5.70. The third kappa shape index (κ3) is 9.69. The van der Waals surface area contributed by atoms with Crippen LogP contribution in [0.2, 0.25) is 0 Å². The van der Waals surface area contributed by atoms with Gasteiger partial charge >= 0.3 is 5.97 Å². The monoisotopic (exact) mass is 218 g/mol. The Kier molecular flexibility index (Phi) is 6.52. The van der Waals surface area contributed by atoms with Crippen molar-refractivity contribution < 1.29 is 21.0 Å². The van der Waals surface area contributed by atoms with Gasteiger partial charge in [0.1, 0.15) is 5.60 Å². The fourth-order valence-corrected chi connectivity index (χ4v) is 1.33. The van der Waals surface area contributed by atoms with Crippen LogP contribution >= 0.6 is 0 Å². The third-order valence-electron chi connectivity index (χ3n) is 1.99. The molecule has 0 aromatic carbocycles. The Morgan fingerprint density at radius 2 is 1.93 bits per heavy atom. The summed E-state index contributed by atoms with van der Waals surface area (Å²) in [5.74, 6) is -0.142. The predicted octanol–water partition coefficient (Wildman–Crippen LogP) is -0.259. The van der Waals surface area contributed by atoms with Gasteiger partial charge in [-0.15, -0.1) is 0 Å². The number of rotatable bonds is 6. The standard InChI is InChI=1S/C11H24N2O2/c1-11(2,3)15-10(14)8-9(13)6-4-5-7-12/h9H,4-8,12-13H2,1-3H3/p+2. The summed E-state index contributed by atoms with van der Waals surface area (Å²) >= 11 is 0. The molecule has 0 aliphatic rings. The van der Waals surface area contributed by atoms with Crippen molar-refractivity contribution in [2.75, 3.05) is 6.54 Å². The molecule has 0 radical (unpaired) electrons. The smallest absolute Gasteiger partial charge is 0.312 e. The first kappa shape index (κ1) is 14.4. The van der Waals surface area contributed by atoms with E-state index in [1.54, 1.807) is 0 Å². The molecule has 0 heterocycles. The van der Waals surface area contributed by atoms with Gasteiger partial charge in [-0.3, -0.25) is 4.79 Å². The van der Waals surface area contributed by atoms with Crippen LogP contribution in [-0.2, 0) is 9.53 Å². The fraction of sp³-hybridized carbons (Fsp3) is 0.909. The zero-order valence-corrected chi connectivity index (χ0v) is 10.3. The molecule has 15 heavy (non-hydrogen) atoms. The molecular weight excluding hydrogens is 192 g/mol. The van der Waals surface area contributed by atoms with Crippen molar-refractivity contribution in [2.24, 2.45) is 0 Å². The lowest BCUT2D eigenvalue weighted by Crippen LogP contribution is -2.61. The minimum Gasteiger partial charge on any atom is -0.460 e. The van der Waals surface area contributed by atoms with Crippen LogP contribution in [0.4, 0.5) is 0 Å². The zero-order chi connectivity index (χ0) is 11.9. The molecule has 0 aromatic heterocycles. The van der Waals surface area contributed by atoms with Crippen LogP contribution in [0.1, 0.15) is 46.5 Å². The highest BCUT2D eigenvalue weighted by Crippen LogP contribution is 2.09. The normalized spacial score (nSPS) is 13.7. The topological polar surface area (TPSA) is 81.6 Å². The maximum Gasteiger partial charge on any atom is 0.312 e. The number of carbonyl (C=O) groups is 1. The SMILES string of the molecule is CC(C)(C)OC(=O)CC([NH3+])CCCC[NH3+]. The van der Waals surface area contributed by atoms with Crippen molar-refractivity contribution >= 4 is 5.97 Å². The van der Waals surface area contributed by atoms with E-state index in [-0.39, 0.29) is 17.6 Å². The van der Waals surface area contributed by atoms with Crippen molar-refractivity contribution in [1.82, 2.24) is 0 Å². The zero-order valence-electron chi connectivity index (χ0n) is 10.3. The number of unbranched alkanes of at least 4 members (excludes halogenated alkanes) is 1. The van der Waals surface area contributed by atoms with Crippen LogP contribution in [0.5, 0.6) is 0 Å². The van der Waals surface area contributed by atoms with Crippen LogP contribution in [0.25, 0.3) is 0 Å². The Labute approximate surface area is 92.3 Å². The number of quaternary nitrogens is 2. The van der Waals surface area contributed by atoms with Gasteiger partial charge in [-0.25, -0.2) is 0 Å². The second kappa shape index (κ2) is 6.80. The molecule has 1 unspecified atom stereocenters. The van der Waals surface area contributed by atoms with Crippen molar-refractivity contribution in [3.8, 4) is 0 Å². The van der Waals surface area contributed by atoms with Crippen molar-refractivity contribution in [1.29, 1.82) is 0 Å². The lowest BCUT2D eigenvalue weighted by molar-refractivity contribution is -0.421. The number of carbonyl (C=O) groups excluding carboxylic acids is 1. The highest BCUT2D eigenvalue weighted by atomic mass is 16.6. The van der Waals surface area contributed by atoms with Gasteiger partial charge in [0.25, 0.3) is 0 Å². The van der Waals surface area contributed by atoms with E-state index in [9.17, 15) is 4.79 Å². The third-order valence-corrected chi connectivity index (χ3v) is 1.99. The molecule has 0 aromatic rings. The average molecular weight is 218 g/mol. The molecule has 0 aliphatic heterocycles. The maximum absolute atomic E-state index is 11.4. The van der Waals surface area contributed by atoms with E-state index in [1.165, 1.54) is 0 Å². The van der Waals surface area contributed by atoms with Crippen molar-refractivity contribution in [3.63, 3.8) is 0 Å². The number of esters is 1. The first-order valence-electron chi connectivity index (χ1n) is 5.69. The molecule has 4 nitrogen and oxygen atoms in total. The molecule has 0 fully saturated rings. The molecule has 0 amide bonds. The second-order valence-corrected chi connectivity index (χ2v) is 5.01. The Balaban J connectivity index is 3.67. The van der Waals surface area contributed by atoms with Gasteiger partial charge < -0.3 is 16.2 Å². The van der Waals surface area contributed by atoms with E-state index in [1.807, 2.05) is 20.8 Å². The molecule has 0 saturated carbocycles. The molecule has 0 spiro atoms. The van der Waals surface area contributed by atoms with E-state index >= 15 is 0 Å². The van der Waals surface area contributed by atoms with Crippen LogP contribution in [0.3, 0.4) is 0 Å². The Bertz CT molecular complexity index is 188.